The van der Waals surface area contributed by atoms with Crippen molar-refractivity contribution in [2.75, 3.05) is 26.7 Å². The van der Waals surface area contributed by atoms with E-state index in [-0.39, 0.29) is 5.54 Å². The summed E-state index contributed by atoms with van der Waals surface area (Å²) in [5.41, 5.74) is 4.31. The Balaban J connectivity index is 1.41. The van der Waals surface area contributed by atoms with Crippen molar-refractivity contribution < 1.29 is 13.5 Å². The Hall–Kier alpha value is -2.44. The number of benzene rings is 2. The van der Waals surface area contributed by atoms with Gasteiger partial charge in [0, 0.05) is 47.9 Å². The number of aromatic amines is 1. The van der Waals surface area contributed by atoms with Gasteiger partial charge >= 0.3 is 0 Å². The number of likely N-dealkylation sites (tertiary alicyclic amines) is 1. The van der Waals surface area contributed by atoms with E-state index in [1.165, 1.54) is 22.7 Å². The fourth-order valence-corrected chi connectivity index (χ4v) is 5.20. The van der Waals surface area contributed by atoms with Crippen LogP contribution in [0.3, 0.4) is 0 Å². The quantitative estimate of drug-likeness (QED) is 0.668. The van der Waals surface area contributed by atoms with Crippen molar-refractivity contribution in [3.63, 3.8) is 0 Å². The molecule has 0 saturated carbocycles. The standard InChI is InChI=1S/C24H27F2N3O/c1-30-18-5-6-22-20(14-18)19-7-10-27-24(23(19)28-22)8-2-11-29(12-9-24)15-16-3-4-17(25)13-21(16)26/h3-6,13-14,27-28H,2,7-12,15H2,1H3. The number of methoxy groups -OCH3 is 1. The third kappa shape index (κ3) is 3.38. The maximum Gasteiger partial charge on any atom is 0.130 e. The highest BCUT2D eigenvalue weighted by atomic mass is 19.1. The van der Waals surface area contributed by atoms with Crippen LogP contribution in [-0.4, -0.2) is 36.6 Å². The molecule has 5 rings (SSSR count). The summed E-state index contributed by atoms with van der Waals surface area (Å²) in [7, 11) is 1.70. The molecule has 2 aliphatic heterocycles. The van der Waals surface area contributed by atoms with Crippen LogP contribution in [0.5, 0.6) is 5.75 Å². The van der Waals surface area contributed by atoms with Crippen LogP contribution >= 0.6 is 0 Å². The molecule has 30 heavy (non-hydrogen) atoms. The predicted octanol–water partition coefficient (Wildman–Crippen LogP) is 4.48. The molecular weight excluding hydrogens is 384 g/mol. The van der Waals surface area contributed by atoms with Gasteiger partial charge in [0.2, 0.25) is 0 Å². The number of halogens is 2. The lowest BCUT2D eigenvalue weighted by Crippen LogP contribution is -2.48. The molecule has 6 heteroatoms. The van der Waals surface area contributed by atoms with E-state index < -0.39 is 11.6 Å². The molecule has 0 aliphatic carbocycles. The van der Waals surface area contributed by atoms with E-state index in [1.807, 2.05) is 6.07 Å². The number of nitrogens with one attached hydrogen (secondary N) is 2. The predicted molar refractivity (Wildman–Crippen MR) is 114 cm³/mol. The monoisotopic (exact) mass is 411 g/mol. The number of fused-ring (bicyclic) bond motifs is 4. The molecule has 1 spiro atoms. The van der Waals surface area contributed by atoms with E-state index in [0.717, 1.165) is 62.7 Å². The zero-order valence-electron chi connectivity index (χ0n) is 17.2. The van der Waals surface area contributed by atoms with Crippen molar-refractivity contribution in [1.82, 2.24) is 15.2 Å². The van der Waals surface area contributed by atoms with Crippen LogP contribution in [-0.2, 0) is 18.5 Å². The Labute approximate surface area is 175 Å². The highest BCUT2D eigenvalue weighted by molar-refractivity contribution is 5.86. The van der Waals surface area contributed by atoms with E-state index in [9.17, 15) is 8.78 Å². The van der Waals surface area contributed by atoms with Crippen molar-refractivity contribution in [2.45, 2.75) is 37.8 Å². The fourth-order valence-electron chi connectivity index (χ4n) is 5.20. The van der Waals surface area contributed by atoms with E-state index in [0.29, 0.717) is 12.1 Å². The number of hydrogen-bond donors (Lipinski definition) is 2. The number of aromatic nitrogens is 1. The Bertz CT molecular complexity index is 1080. The van der Waals surface area contributed by atoms with Crippen molar-refractivity contribution in [2.24, 2.45) is 0 Å². The Morgan fingerprint density at radius 2 is 2.00 bits per heavy atom. The highest BCUT2D eigenvalue weighted by Gasteiger charge is 2.39. The molecule has 2 aromatic carbocycles. The summed E-state index contributed by atoms with van der Waals surface area (Å²) < 4.78 is 32.8. The summed E-state index contributed by atoms with van der Waals surface area (Å²) in [4.78, 5) is 5.98. The van der Waals surface area contributed by atoms with Crippen LogP contribution in [0.4, 0.5) is 8.78 Å². The molecule has 1 aromatic heterocycles. The minimum atomic E-state index is -0.527. The zero-order valence-corrected chi connectivity index (χ0v) is 17.2. The van der Waals surface area contributed by atoms with Crippen molar-refractivity contribution in [3.8, 4) is 5.75 Å². The second kappa shape index (κ2) is 7.67. The lowest BCUT2D eigenvalue weighted by Gasteiger charge is -2.38. The van der Waals surface area contributed by atoms with Gasteiger partial charge in [0.05, 0.1) is 12.6 Å². The number of rotatable bonds is 3. The van der Waals surface area contributed by atoms with Crippen LogP contribution in [0, 0.1) is 11.6 Å². The van der Waals surface area contributed by atoms with Gasteiger partial charge in [0.1, 0.15) is 17.4 Å². The number of hydrogen-bond acceptors (Lipinski definition) is 3. The zero-order chi connectivity index (χ0) is 20.7. The molecule has 0 radical (unpaired) electrons. The molecule has 3 heterocycles. The van der Waals surface area contributed by atoms with Crippen LogP contribution in [0.1, 0.15) is 36.1 Å². The third-order valence-electron chi connectivity index (χ3n) is 6.77. The van der Waals surface area contributed by atoms with Gasteiger partial charge in [-0.1, -0.05) is 6.07 Å². The van der Waals surface area contributed by atoms with Crippen LogP contribution in [0.25, 0.3) is 10.9 Å². The fraction of sp³-hybridized carbons (Fsp3) is 0.417. The van der Waals surface area contributed by atoms with Gasteiger partial charge in [-0.15, -0.1) is 0 Å². The molecule has 1 saturated heterocycles. The molecule has 1 fully saturated rings. The van der Waals surface area contributed by atoms with Gasteiger partial charge in [-0.3, -0.25) is 4.90 Å². The number of ether oxygens (including phenoxy) is 1. The number of H-pyrrole nitrogens is 1. The smallest absolute Gasteiger partial charge is 0.130 e. The van der Waals surface area contributed by atoms with Crippen molar-refractivity contribution >= 4 is 10.9 Å². The molecule has 0 amide bonds. The molecule has 1 atom stereocenters. The lowest BCUT2D eigenvalue weighted by molar-refractivity contribution is 0.240. The first-order valence-electron chi connectivity index (χ1n) is 10.7. The molecule has 2 N–H and O–H groups in total. The molecule has 4 nitrogen and oxygen atoms in total. The summed E-state index contributed by atoms with van der Waals surface area (Å²) in [6, 6.07) is 10.1. The maximum absolute atomic E-state index is 14.1. The average molecular weight is 411 g/mol. The summed E-state index contributed by atoms with van der Waals surface area (Å²) >= 11 is 0. The number of nitrogens with zero attached hydrogens (tertiary/aromatic N) is 1. The van der Waals surface area contributed by atoms with Gasteiger partial charge in [0.25, 0.3) is 0 Å². The van der Waals surface area contributed by atoms with Crippen molar-refractivity contribution in [3.05, 3.63) is 64.9 Å². The second-order valence-corrected chi connectivity index (χ2v) is 8.51. The molecule has 158 valence electrons. The van der Waals surface area contributed by atoms with Gasteiger partial charge in [0.15, 0.2) is 0 Å². The molecule has 0 bridgehead atoms. The van der Waals surface area contributed by atoms with Gasteiger partial charge in [-0.2, -0.15) is 0 Å². The average Bonchev–Trinajstić information content (AvgIpc) is 3.01. The highest BCUT2D eigenvalue weighted by Crippen LogP contribution is 2.41. The van der Waals surface area contributed by atoms with E-state index in [2.05, 4.69) is 27.3 Å². The lowest BCUT2D eigenvalue weighted by atomic mass is 9.81. The minimum absolute atomic E-state index is 0.0874. The van der Waals surface area contributed by atoms with Crippen LogP contribution in [0.2, 0.25) is 0 Å². The van der Waals surface area contributed by atoms with E-state index >= 15 is 0 Å². The first kappa shape index (κ1) is 19.5. The maximum atomic E-state index is 14.1. The first-order chi connectivity index (χ1) is 14.6. The summed E-state index contributed by atoms with van der Waals surface area (Å²) in [6.07, 6.45) is 4.00. The minimum Gasteiger partial charge on any atom is -0.497 e. The van der Waals surface area contributed by atoms with Crippen molar-refractivity contribution in [1.29, 1.82) is 0 Å². The van der Waals surface area contributed by atoms with Gasteiger partial charge in [-0.05, 0) is 62.1 Å². The largest absolute Gasteiger partial charge is 0.497 e. The van der Waals surface area contributed by atoms with E-state index in [4.69, 9.17) is 4.74 Å². The van der Waals surface area contributed by atoms with Gasteiger partial charge in [-0.25, -0.2) is 8.78 Å². The molecule has 3 aromatic rings. The Morgan fingerprint density at radius 1 is 1.10 bits per heavy atom. The topological polar surface area (TPSA) is 40.3 Å². The van der Waals surface area contributed by atoms with E-state index in [1.54, 1.807) is 13.2 Å². The summed E-state index contributed by atoms with van der Waals surface area (Å²) in [6.45, 7) is 3.23. The Morgan fingerprint density at radius 3 is 2.83 bits per heavy atom. The summed E-state index contributed by atoms with van der Waals surface area (Å²) in [5, 5.41) is 5.06. The first-order valence-corrected chi connectivity index (χ1v) is 10.7. The molecule has 2 aliphatic rings. The van der Waals surface area contributed by atoms with Crippen LogP contribution < -0.4 is 10.1 Å². The Kier molecular flexibility index (Phi) is 4.99. The SMILES string of the molecule is COc1ccc2[nH]c3c(c2c1)CCNC31CCCN(Cc2ccc(F)cc2F)CC1. The molecular formula is C24H27F2N3O. The van der Waals surface area contributed by atoms with Gasteiger partial charge < -0.3 is 15.0 Å². The van der Waals surface area contributed by atoms with Crippen LogP contribution in [0.15, 0.2) is 36.4 Å². The summed E-state index contributed by atoms with van der Waals surface area (Å²) in [5.74, 6) is -0.109. The molecule has 1 unspecified atom stereocenters. The second-order valence-electron chi connectivity index (χ2n) is 8.51. The normalized spacial score (nSPS) is 22.2. The third-order valence-corrected chi connectivity index (χ3v) is 6.77.